The number of para-hydroxylation sites is 2. The van der Waals surface area contributed by atoms with Gasteiger partial charge in [0, 0.05) is 27.1 Å². The summed E-state index contributed by atoms with van der Waals surface area (Å²) in [5, 5.41) is 0. The molecule has 5 heteroatoms. The topological polar surface area (TPSA) is 39.7 Å². The van der Waals surface area contributed by atoms with Crippen LogP contribution < -0.4 is 14.7 Å². The van der Waals surface area contributed by atoms with Gasteiger partial charge in [0.25, 0.3) is 0 Å². The van der Waals surface area contributed by atoms with Crippen LogP contribution >= 0.6 is 0 Å². The molecule has 3 rings (SSSR count). The summed E-state index contributed by atoms with van der Waals surface area (Å²) in [6, 6.07) is 12.3. The summed E-state index contributed by atoms with van der Waals surface area (Å²) in [5.41, 5.74) is 3.25. The van der Waals surface area contributed by atoms with Crippen molar-refractivity contribution in [3.8, 4) is 0 Å². The molecule has 1 aromatic heterocycles. The first-order chi connectivity index (χ1) is 11.6. The van der Waals surface area contributed by atoms with Crippen LogP contribution in [0.3, 0.4) is 0 Å². The van der Waals surface area contributed by atoms with Crippen LogP contribution in [0.4, 0.5) is 22.9 Å². The highest BCUT2D eigenvalue weighted by atomic mass is 16.1. The predicted molar refractivity (Wildman–Crippen MR) is 98.9 cm³/mol. The summed E-state index contributed by atoms with van der Waals surface area (Å²) in [4.78, 5) is 21.3. The predicted octanol–water partition coefficient (Wildman–Crippen LogP) is 3.56. The number of carbonyl (C=O) groups excluding carboxylic acids is 1. The van der Waals surface area contributed by atoms with Crippen LogP contribution in [0.5, 0.6) is 0 Å². The van der Waals surface area contributed by atoms with Crippen molar-refractivity contribution in [3.63, 3.8) is 0 Å². The van der Waals surface area contributed by atoms with Crippen molar-refractivity contribution in [2.45, 2.75) is 12.8 Å². The molecule has 0 unspecified atom stereocenters. The zero-order valence-corrected chi connectivity index (χ0v) is 14.1. The minimum Gasteiger partial charge on any atom is -0.373 e. The van der Waals surface area contributed by atoms with E-state index in [0.29, 0.717) is 6.42 Å². The van der Waals surface area contributed by atoms with Crippen molar-refractivity contribution in [3.05, 3.63) is 55.0 Å². The van der Waals surface area contributed by atoms with E-state index in [1.165, 1.54) is 0 Å². The van der Waals surface area contributed by atoms with Crippen LogP contribution in [0.25, 0.3) is 0 Å². The fourth-order valence-corrected chi connectivity index (χ4v) is 2.90. The molecule has 2 heterocycles. The van der Waals surface area contributed by atoms with Gasteiger partial charge in [-0.15, -0.1) is 0 Å². The van der Waals surface area contributed by atoms with Crippen LogP contribution in [0.2, 0.25) is 0 Å². The van der Waals surface area contributed by atoms with Gasteiger partial charge in [-0.2, -0.15) is 0 Å². The molecular formula is C19H22N4O. The number of aromatic nitrogens is 1. The zero-order valence-electron chi connectivity index (χ0n) is 14.1. The molecule has 0 amide bonds. The quantitative estimate of drug-likeness (QED) is 0.601. The third-order valence-corrected chi connectivity index (χ3v) is 4.35. The SMILES string of the molecule is C=C1N(C)c2ccccc2N1c1ccc(N(C)CCCC=O)cn1. The number of rotatable bonds is 6. The zero-order chi connectivity index (χ0) is 17.1. The van der Waals surface area contributed by atoms with Crippen molar-refractivity contribution < 1.29 is 4.79 Å². The average Bonchev–Trinajstić information content (AvgIpc) is 2.87. The Labute approximate surface area is 142 Å². The van der Waals surface area contributed by atoms with Crippen molar-refractivity contribution in [1.29, 1.82) is 0 Å². The maximum absolute atomic E-state index is 10.4. The maximum Gasteiger partial charge on any atom is 0.138 e. The van der Waals surface area contributed by atoms with Gasteiger partial charge in [0.15, 0.2) is 0 Å². The first kappa shape index (κ1) is 16.1. The molecule has 24 heavy (non-hydrogen) atoms. The smallest absolute Gasteiger partial charge is 0.138 e. The molecule has 0 aliphatic carbocycles. The van der Waals surface area contributed by atoms with Crippen molar-refractivity contribution in [1.82, 2.24) is 4.98 Å². The number of anilines is 4. The number of unbranched alkanes of at least 4 members (excludes halogenated alkanes) is 1. The first-order valence-corrected chi connectivity index (χ1v) is 8.06. The highest BCUT2D eigenvalue weighted by Crippen LogP contribution is 2.43. The number of hydrogen-bond donors (Lipinski definition) is 0. The molecule has 0 spiro atoms. The van der Waals surface area contributed by atoms with Gasteiger partial charge in [0.05, 0.1) is 23.3 Å². The highest BCUT2D eigenvalue weighted by Gasteiger charge is 2.28. The Morgan fingerprint density at radius 1 is 1.21 bits per heavy atom. The molecule has 0 bridgehead atoms. The van der Waals surface area contributed by atoms with E-state index in [1.54, 1.807) is 0 Å². The van der Waals surface area contributed by atoms with Gasteiger partial charge in [-0.1, -0.05) is 18.7 Å². The Hall–Kier alpha value is -2.82. The average molecular weight is 322 g/mol. The summed E-state index contributed by atoms with van der Waals surface area (Å²) in [5.74, 6) is 1.73. The van der Waals surface area contributed by atoms with Gasteiger partial charge in [-0.25, -0.2) is 4.98 Å². The van der Waals surface area contributed by atoms with Gasteiger partial charge >= 0.3 is 0 Å². The molecule has 1 aromatic carbocycles. The maximum atomic E-state index is 10.4. The molecule has 0 saturated carbocycles. The number of aldehydes is 1. The highest BCUT2D eigenvalue weighted by molar-refractivity contribution is 5.87. The second-order valence-electron chi connectivity index (χ2n) is 5.90. The van der Waals surface area contributed by atoms with Crippen molar-refractivity contribution in [2.24, 2.45) is 0 Å². The second-order valence-corrected chi connectivity index (χ2v) is 5.90. The molecular weight excluding hydrogens is 300 g/mol. The lowest BCUT2D eigenvalue weighted by atomic mass is 10.2. The van der Waals surface area contributed by atoms with E-state index in [9.17, 15) is 4.79 Å². The van der Waals surface area contributed by atoms with Crippen molar-refractivity contribution in [2.75, 3.05) is 35.3 Å². The summed E-state index contributed by atoms with van der Waals surface area (Å²) >= 11 is 0. The molecule has 5 nitrogen and oxygen atoms in total. The van der Waals surface area contributed by atoms with Crippen LogP contribution in [0.1, 0.15) is 12.8 Å². The third kappa shape index (κ3) is 2.85. The van der Waals surface area contributed by atoms with Crippen LogP contribution in [-0.2, 0) is 4.79 Å². The van der Waals surface area contributed by atoms with Crippen LogP contribution in [-0.4, -0.2) is 31.9 Å². The first-order valence-electron chi connectivity index (χ1n) is 8.06. The molecule has 0 fully saturated rings. The van der Waals surface area contributed by atoms with Gasteiger partial charge in [-0.05, 0) is 30.7 Å². The largest absolute Gasteiger partial charge is 0.373 e. The Kier molecular flexibility index (Phi) is 4.51. The number of hydrogen-bond acceptors (Lipinski definition) is 5. The Bertz CT molecular complexity index is 741. The number of carbonyl (C=O) groups is 1. The Morgan fingerprint density at radius 2 is 1.96 bits per heavy atom. The van der Waals surface area contributed by atoms with Gasteiger partial charge in [-0.3, -0.25) is 4.90 Å². The van der Waals surface area contributed by atoms with Crippen LogP contribution in [0.15, 0.2) is 55.0 Å². The van der Waals surface area contributed by atoms with E-state index >= 15 is 0 Å². The number of nitrogens with zero attached hydrogens (tertiary/aromatic N) is 4. The number of pyridine rings is 1. The summed E-state index contributed by atoms with van der Waals surface area (Å²) < 4.78 is 0. The lowest BCUT2D eigenvalue weighted by molar-refractivity contribution is -0.107. The van der Waals surface area contributed by atoms with E-state index in [-0.39, 0.29) is 0 Å². The monoisotopic (exact) mass is 322 g/mol. The minimum atomic E-state index is 0.590. The molecule has 0 saturated heterocycles. The van der Waals surface area contributed by atoms with E-state index < -0.39 is 0 Å². The molecule has 0 N–H and O–H groups in total. The minimum absolute atomic E-state index is 0.590. The molecule has 1 aliphatic rings. The second kappa shape index (κ2) is 6.74. The lowest BCUT2D eigenvalue weighted by Gasteiger charge is -2.22. The number of benzene rings is 1. The van der Waals surface area contributed by atoms with Gasteiger partial charge < -0.3 is 14.6 Å². The normalized spacial score (nSPS) is 13.2. The van der Waals surface area contributed by atoms with Gasteiger partial charge in [0.2, 0.25) is 0 Å². The lowest BCUT2D eigenvalue weighted by Crippen LogP contribution is -2.22. The van der Waals surface area contributed by atoms with Gasteiger partial charge in [0.1, 0.15) is 17.9 Å². The van der Waals surface area contributed by atoms with E-state index in [2.05, 4.69) is 44.5 Å². The summed E-state index contributed by atoms with van der Waals surface area (Å²) in [6.07, 6.45) is 4.27. The Balaban J connectivity index is 1.81. The van der Waals surface area contributed by atoms with Crippen molar-refractivity contribution >= 4 is 29.2 Å². The number of fused-ring (bicyclic) bond motifs is 1. The van der Waals surface area contributed by atoms with E-state index in [0.717, 1.165) is 48.0 Å². The Morgan fingerprint density at radius 3 is 2.62 bits per heavy atom. The fourth-order valence-electron chi connectivity index (χ4n) is 2.90. The molecule has 2 aromatic rings. The fraction of sp³-hybridized carbons (Fsp3) is 0.263. The van der Waals surface area contributed by atoms with Crippen LogP contribution in [0, 0.1) is 0 Å². The van der Waals surface area contributed by atoms with E-state index in [4.69, 9.17) is 0 Å². The third-order valence-electron chi connectivity index (χ3n) is 4.35. The molecule has 124 valence electrons. The molecule has 1 aliphatic heterocycles. The summed E-state index contributed by atoms with van der Waals surface area (Å²) in [6.45, 7) is 5.02. The molecule has 0 atom stereocenters. The standard InChI is InChI=1S/C19H22N4O/c1-15-22(3)17-8-4-5-9-18(17)23(15)19-11-10-16(14-20-19)21(2)12-6-7-13-24/h4-5,8-11,13-14H,1,6-7,12H2,2-3H3. The van der Waals surface area contributed by atoms with E-state index in [1.807, 2.05) is 38.5 Å². The summed E-state index contributed by atoms with van der Waals surface area (Å²) in [7, 11) is 4.02. The molecule has 0 radical (unpaired) electrons.